The first-order valence-electron chi connectivity index (χ1n) is 5.76. The van der Waals surface area contributed by atoms with Crippen LogP contribution in [0.4, 0.5) is 0 Å². The molecule has 3 aromatic rings. The van der Waals surface area contributed by atoms with E-state index < -0.39 is 0 Å². The predicted molar refractivity (Wildman–Crippen MR) is 75.5 cm³/mol. The number of nitrogens with zero attached hydrogens (tertiary/aromatic N) is 2. The molecule has 0 unspecified atom stereocenters. The normalized spacial score (nSPS) is 10.5. The van der Waals surface area contributed by atoms with E-state index in [0.29, 0.717) is 0 Å². The Morgan fingerprint density at radius 2 is 1.78 bits per heavy atom. The number of pyridine rings is 1. The molecule has 0 saturated heterocycles. The fraction of sp³-hybridized carbons (Fsp3) is 0.0667. The van der Waals surface area contributed by atoms with Crippen molar-refractivity contribution in [3.05, 3.63) is 59.7 Å². The van der Waals surface area contributed by atoms with Crippen molar-refractivity contribution in [3.63, 3.8) is 0 Å². The average Bonchev–Trinajstić information content (AvgIpc) is 2.90. The minimum atomic E-state index is 1.04. The lowest BCUT2D eigenvalue weighted by Gasteiger charge is -2.00. The van der Waals surface area contributed by atoms with E-state index in [1.165, 1.54) is 11.1 Å². The largest absolute Gasteiger partial charge is 0.265 e. The maximum absolute atomic E-state index is 4.70. The van der Waals surface area contributed by atoms with Crippen LogP contribution in [0.3, 0.4) is 0 Å². The monoisotopic (exact) mass is 252 g/mol. The molecule has 2 aromatic heterocycles. The molecule has 0 fully saturated rings. The highest BCUT2D eigenvalue weighted by Crippen LogP contribution is 2.29. The first-order valence-corrected chi connectivity index (χ1v) is 6.64. The zero-order chi connectivity index (χ0) is 12.4. The summed E-state index contributed by atoms with van der Waals surface area (Å²) < 4.78 is 0. The summed E-state index contributed by atoms with van der Waals surface area (Å²) in [5.41, 5.74) is 4.62. The number of hydrogen-bond donors (Lipinski definition) is 0. The second kappa shape index (κ2) is 4.70. The summed E-state index contributed by atoms with van der Waals surface area (Å²) in [6, 6.07) is 12.3. The Bertz CT molecular complexity index is 659. The molecule has 2 nitrogen and oxygen atoms in total. The Morgan fingerprint density at radius 1 is 1.00 bits per heavy atom. The van der Waals surface area contributed by atoms with Gasteiger partial charge in [0.25, 0.3) is 0 Å². The molecule has 1 aromatic carbocycles. The molecule has 3 rings (SSSR count). The minimum Gasteiger partial charge on any atom is -0.265 e. The number of thiazole rings is 1. The quantitative estimate of drug-likeness (QED) is 0.683. The van der Waals surface area contributed by atoms with Crippen LogP contribution in [0.2, 0.25) is 0 Å². The van der Waals surface area contributed by atoms with Crippen LogP contribution in [0.5, 0.6) is 0 Å². The third kappa shape index (κ3) is 2.05. The predicted octanol–water partition coefficient (Wildman–Crippen LogP) is 4.18. The van der Waals surface area contributed by atoms with Crippen molar-refractivity contribution in [1.29, 1.82) is 0 Å². The van der Waals surface area contributed by atoms with Crippen molar-refractivity contribution in [2.45, 2.75) is 6.92 Å². The van der Waals surface area contributed by atoms with Gasteiger partial charge in [-0.3, -0.25) is 4.98 Å². The molecular weight excluding hydrogens is 240 g/mol. The van der Waals surface area contributed by atoms with Gasteiger partial charge in [0.15, 0.2) is 0 Å². The number of aromatic nitrogens is 2. The van der Waals surface area contributed by atoms with Gasteiger partial charge in [0, 0.05) is 28.9 Å². The molecule has 0 aliphatic heterocycles. The highest BCUT2D eigenvalue weighted by molar-refractivity contribution is 7.13. The maximum atomic E-state index is 4.70. The van der Waals surface area contributed by atoms with Crippen LogP contribution in [-0.4, -0.2) is 9.97 Å². The van der Waals surface area contributed by atoms with Gasteiger partial charge in [0.2, 0.25) is 0 Å². The lowest BCUT2D eigenvalue weighted by atomic mass is 10.1. The van der Waals surface area contributed by atoms with E-state index in [2.05, 4.69) is 35.5 Å². The SMILES string of the molecule is Cc1ccccc1-c1csc(-c2ccncc2)n1. The Kier molecular flexibility index (Phi) is 2.90. The minimum absolute atomic E-state index is 1.04. The molecular formula is C15H12N2S. The second-order valence-corrected chi connectivity index (χ2v) is 4.95. The van der Waals surface area contributed by atoms with Crippen molar-refractivity contribution >= 4 is 11.3 Å². The summed E-state index contributed by atoms with van der Waals surface area (Å²) in [7, 11) is 0. The van der Waals surface area contributed by atoms with Crippen LogP contribution in [0.1, 0.15) is 5.56 Å². The Hall–Kier alpha value is -2.00. The summed E-state index contributed by atoms with van der Waals surface area (Å²) in [6.45, 7) is 2.11. The summed E-state index contributed by atoms with van der Waals surface area (Å²) in [4.78, 5) is 8.73. The van der Waals surface area contributed by atoms with Crippen LogP contribution in [0, 0.1) is 6.92 Å². The Labute approximate surface area is 110 Å². The zero-order valence-corrected chi connectivity index (χ0v) is 10.8. The van der Waals surface area contributed by atoms with E-state index >= 15 is 0 Å². The molecule has 0 saturated carbocycles. The van der Waals surface area contributed by atoms with E-state index in [1.807, 2.05) is 18.2 Å². The third-order valence-electron chi connectivity index (χ3n) is 2.85. The van der Waals surface area contributed by atoms with E-state index in [-0.39, 0.29) is 0 Å². The molecule has 88 valence electrons. The van der Waals surface area contributed by atoms with Gasteiger partial charge >= 0.3 is 0 Å². The number of aryl methyl sites for hydroxylation is 1. The molecule has 0 atom stereocenters. The number of hydrogen-bond acceptors (Lipinski definition) is 3. The van der Waals surface area contributed by atoms with Crippen molar-refractivity contribution in [2.24, 2.45) is 0 Å². The number of rotatable bonds is 2. The summed E-state index contributed by atoms with van der Waals surface area (Å²) in [6.07, 6.45) is 3.59. The summed E-state index contributed by atoms with van der Waals surface area (Å²) in [5.74, 6) is 0. The molecule has 0 N–H and O–H groups in total. The van der Waals surface area contributed by atoms with Gasteiger partial charge < -0.3 is 0 Å². The van der Waals surface area contributed by atoms with E-state index in [0.717, 1.165) is 16.3 Å². The van der Waals surface area contributed by atoms with Gasteiger partial charge in [0.1, 0.15) is 5.01 Å². The van der Waals surface area contributed by atoms with Crippen molar-refractivity contribution in [1.82, 2.24) is 9.97 Å². The first kappa shape index (κ1) is 11.1. The van der Waals surface area contributed by atoms with Crippen molar-refractivity contribution in [3.8, 4) is 21.8 Å². The van der Waals surface area contributed by atoms with Crippen molar-refractivity contribution in [2.75, 3.05) is 0 Å². The fourth-order valence-corrected chi connectivity index (χ4v) is 2.71. The van der Waals surface area contributed by atoms with Crippen LogP contribution < -0.4 is 0 Å². The first-order chi connectivity index (χ1) is 8.84. The molecule has 2 heterocycles. The van der Waals surface area contributed by atoms with Crippen LogP contribution in [-0.2, 0) is 0 Å². The molecule has 18 heavy (non-hydrogen) atoms. The number of benzene rings is 1. The van der Waals surface area contributed by atoms with Gasteiger partial charge in [-0.25, -0.2) is 4.98 Å². The summed E-state index contributed by atoms with van der Waals surface area (Å²) >= 11 is 1.67. The smallest absolute Gasteiger partial charge is 0.124 e. The second-order valence-electron chi connectivity index (χ2n) is 4.09. The van der Waals surface area contributed by atoms with Crippen molar-refractivity contribution < 1.29 is 0 Å². The van der Waals surface area contributed by atoms with Crippen LogP contribution in [0.25, 0.3) is 21.8 Å². The van der Waals surface area contributed by atoms with Crippen LogP contribution in [0.15, 0.2) is 54.2 Å². The zero-order valence-electron chi connectivity index (χ0n) is 10.00. The molecule has 0 aliphatic carbocycles. The molecule has 0 aliphatic rings. The van der Waals surface area contributed by atoms with Gasteiger partial charge in [-0.1, -0.05) is 24.3 Å². The van der Waals surface area contributed by atoms with Gasteiger partial charge in [-0.15, -0.1) is 11.3 Å². The Morgan fingerprint density at radius 3 is 2.56 bits per heavy atom. The molecule has 0 radical (unpaired) electrons. The third-order valence-corrected chi connectivity index (χ3v) is 3.74. The molecule has 0 amide bonds. The lowest BCUT2D eigenvalue weighted by molar-refractivity contribution is 1.31. The standard InChI is InChI=1S/C15H12N2S/c1-11-4-2-3-5-13(11)14-10-18-15(17-14)12-6-8-16-9-7-12/h2-10H,1H3. The molecule has 3 heteroatoms. The van der Waals surface area contributed by atoms with E-state index in [9.17, 15) is 0 Å². The highest BCUT2D eigenvalue weighted by Gasteiger charge is 2.07. The summed E-state index contributed by atoms with van der Waals surface area (Å²) in [5, 5.41) is 3.15. The fourth-order valence-electron chi connectivity index (χ4n) is 1.88. The van der Waals surface area contributed by atoms with Gasteiger partial charge in [-0.05, 0) is 24.6 Å². The Balaban J connectivity index is 2.03. The average molecular weight is 252 g/mol. The molecule has 0 bridgehead atoms. The van der Waals surface area contributed by atoms with E-state index in [1.54, 1.807) is 23.7 Å². The van der Waals surface area contributed by atoms with Crippen LogP contribution >= 0.6 is 11.3 Å². The van der Waals surface area contributed by atoms with Gasteiger partial charge in [0.05, 0.1) is 5.69 Å². The maximum Gasteiger partial charge on any atom is 0.124 e. The lowest BCUT2D eigenvalue weighted by Crippen LogP contribution is -1.83. The van der Waals surface area contributed by atoms with E-state index in [4.69, 9.17) is 4.98 Å². The highest BCUT2D eigenvalue weighted by atomic mass is 32.1. The molecule has 0 spiro atoms. The topological polar surface area (TPSA) is 25.8 Å². The van der Waals surface area contributed by atoms with Gasteiger partial charge in [-0.2, -0.15) is 0 Å².